The van der Waals surface area contributed by atoms with Crippen molar-refractivity contribution in [1.82, 2.24) is 5.32 Å². The van der Waals surface area contributed by atoms with E-state index in [1.807, 2.05) is 55.5 Å². The van der Waals surface area contributed by atoms with Crippen molar-refractivity contribution in [1.29, 1.82) is 0 Å². The molecule has 2 atom stereocenters. The van der Waals surface area contributed by atoms with Gasteiger partial charge in [0, 0.05) is 23.0 Å². The summed E-state index contributed by atoms with van der Waals surface area (Å²) < 4.78 is 23.4. The number of amides is 1. The maximum atomic E-state index is 12.5. The molecule has 4 rings (SSSR count). The van der Waals surface area contributed by atoms with E-state index in [1.54, 1.807) is 0 Å². The van der Waals surface area contributed by atoms with Crippen LogP contribution in [0.5, 0.6) is 0 Å². The third-order valence-corrected chi connectivity index (χ3v) is 8.24. The second-order valence-electron chi connectivity index (χ2n) is 7.38. The smallest absolute Gasteiger partial charge is 0.251 e. The van der Waals surface area contributed by atoms with Gasteiger partial charge in [-0.2, -0.15) is 0 Å². The standard InChI is InChI=1S/C21H23N3O3S2/c1-14-7-8-16(20(25)22-10-9-15-5-3-2-4-6-15)11-17(14)23-21-24-18-12-29(26,27)13-19(18)28-21/h2-8,11,18-19H,9-10,12-13H2,1H3,(H,22,25)(H,23,24)/t18-,19-/m1/s1. The van der Waals surface area contributed by atoms with Crippen LogP contribution in [0.4, 0.5) is 5.69 Å². The molecule has 0 saturated carbocycles. The quantitative estimate of drug-likeness (QED) is 0.763. The highest BCUT2D eigenvalue weighted by Crippen LogP contribution is 2.35. The lowest BCUT2D eigenvalue weighted by Crippen LogP contribution is -2.25. The molecule has 0 unspecified atom stereocenters. The number of carbonyl (C=O) groups is 1. The van der Waals surface area contributed by atoms with Crippen molar-refractivity contribution in [2.75, 3.05) is 23.4 Å². The van der Waals surface area contributed by atoms with Crippen LogP contribution in [0.3, 0.4) is 0 Å². The van der Waals surface area contributed by atoms with E-state index in [1.165, 1.54) is 17.3 Å². The Hall–Kier alpha value is -2.32. The van der Waals surface area contributed by atoms with Crippen LogP contribution in [0.1, 0.15) is 21.5 Å². The molecule has 29 heavy (non-hydrogen) atoms. The van der Waals surface area contributed by atoms with Crippen LogP contribution in [0.15, 0.2) is 53.5 Å². The largest absolute Gasteiger partial charge is 0.352 e. The van der Waals surface area contributed by atoms with Gasteiger partial charge in [0.2, 0.25) is 0 Å². The molecular weight excluding hydrogens is 406 g/mol. The first-order valence-electron chi connectivity index (χ1n) is 9.54. The van der Waals surface area contributed by atoms with Crippen molar-refractivity contribution in [3.63, 3.8) is 0 Å². The number of thioether (sulfide) groups is 1. The maximum Gasteiger partial charge on any atom is 0.251 e. The normalized spacial score (nSPS) is 22.0. The SMILES string of the molecule is Cc1ccc(C(=O)NCCc2ccccc2)cc1NC1=N[C@@H]2CS(=O)(=O)C[C@H]2S1. The van der Waals surface area contributed by atoms with Gasteiger partial charge in [0.05, 0.1) is 17.5 Å². The Morgan fingerprint density at radius 1 is 1.17 bits per heavy atom. The maximum absolute atomic E-state index is 12.5. The molecule has 1 saturated heterocycles. The Balaban J connectivity index is 1.38. The van der Waals surface area contributed by atoms with E-state index in [0.717, 1.165) is 22.8 Å². The number of aryl methyl sites for hydroxylation is 1. The highest BCUT2D eigenvalue weighted by atomic mass is 32.2. The van der Waals surface area contributed by atoms with E-state index in [0.29, 0.717) is 12.1 Å². The summed E-state index contributed by atoms with van der Waals surface area (Å²) in [5.74, 6) is 0.186. The Kier molecular flexibility index (Phi) is 5.65. The molecule has 2 N–H and O–H groups in total. The summed E-state index contributed by atoms with van der Waals surface area (Å²) in [7, 11) is -2.97. The van der Waals surface area contributed by atoms with E-state index in [9.17, 15) is 13.2 Å². The first kappa shape index (κ1) is 20.0. The van der Waals surface area contributed by atoms with Crippen LogP contribution in [0.2, 0.25) is 0 Å². The molecular formula is C21H23N3O3S2. The van der Waals surface area contributed by atoms with Gasteiger partial charge >= 0.3 is 0 Å². The first-order valence-corrected chi connectivity index (χ1v) is 12.2. The number of sulfone groups is 1. The van der Waals surface area contributed by atoms with Crippen LogP contribution < -0.4 is 10.6 Å². The second-order valence-corrected chi connectivity index (χ2v) is 10.8. The van der Waals surface area contributed by atoms with Gasteiger partial charge in [-0.25, -0.2) is 8.42 Å². The minimum atomic E-state index is -2.97. The fourth-order valence-electron chi connectivity index (χ4n) is 3.50. The third-order valence-electron chi connectivity index (χ3n) is 5.10. The Labute approximate surface area is 175 Å². The van der Waals surface area contributed by atoms with Gasteiger partial charge in [-0.1, -0.05) is 48.2 Å². The zero-order valence-corrected chi connectivity index (χ0v) is 17.7. The molecule has 152 valence electrons. The molecule has 2 aliphatic rings. The molecule has 0 aromatic heterocycles. The minimum Gasteiger partial charge on any atom is -0.352 e. The van der Waals surface area contributed by atoms with Gasteiger partial charge in [0.15, 0.2) is 15.0 Å². The average Bonchev–Trinajstić information content (AvgIpc) is 3.16. The molecule has 0 aliphatic carbocycles. The molecule has 0 spiro atoms. The zero-order chi connectivity index (χ0) is 20.4. The number of aliphatic imine (C=N–C) groups is 1. The number of nitrogens with one attached hydrogen (secondary N) is 2. The fourth-order valence-corrected chi connectivity index (χ4v) is 7.16. The van der Waals surface area contributed by atoms with Gasteiger partial charge in [-0.05, 0) is 36.6 Å². The number of carbonyl (C=O) groups excluding carboxylic acids is 1. The molecule has 2 aromatic rings. The molecule has 0 radical (unpaired) electrons. The van der Waals surface area contributed by atoms with Crippen molar-refractivity contribution in [3.05, 3.63) is 65.2 Å². The summed E-state index contributed by atoms with van der Waals surface area (Å²) in [4.78, 5) is 17.1. The van der Waals surface area contributed by atoms with E-state index < -0.39 is 9.84 Å². The molecule has 1 fully saturated rings. The Morgan fingerprint density at radius 3 is 2.72 bits per heavy atom. The predicted octanol–water partition coefficient (Wildman–Crippen LogP) is 2.65. The van der Waals surface area contributed by atoms with Crippen LogP contribution in [0.25, 0.3) is 0 Å². The van der Waals surface area contributed by atoms with E-state index in [4.69, 9.17) is 0 Å². The summed E-state index contributed by atoms with van der Waals surface area (Å²) in [6.45, 7) is 2.53. The van der Waals surface area contributed by atoms with Crippen molar-refractivity contribution in [2.45, 2.75) is 24.6 Å². The molecule has 2 aromatic carbocycles. The number of amidine groups is 1. The van der Waals surface area contributed by atoms with Crippen LogP contribution >= 0.6 is 11.8 Å². The number of hydrogen-bond donors (Lipinski definition) is 2. The molecule has 2 aliphatic heterocycles. The molecule has 0 bridgehead atoms. The summed E-state index contributed by atoms with van der Waals surface area (Å²) in [5, 5.41) is 6.96. The number of benzene rings is 2. The van der Waals surface area contributed by atoms with Gasteiger partial charge in [0.1, 0.15) is 0 Å². The highest BCUT2D eigenvalue weighted by molar-refractivity contribution is 8.15. The first-order chi connectivity index (χ1) is 13.9. The monoisotopic (exact) mass is 429 g/mol. The number of anilines is 1. The van der Waals surface area contributed by atoms with Crippen LogP contribution in [0, 0.1) is 6.92 Å². The number of nitrogens with zero attached hydrogens (tertiary/aromatic N) is 1. The van der Waals surface area contributed by atoms with Gasteiger partial charge in [0.25, 0.3) is 5.91 Å². The van der Waals surface area contributed by atoms with Gasteiger partial charge < -0.3 is 10.6 Å². The van der Waals surface area contributed by atoms with Crippen molar-refractivity contribution < 1.29 is 13.2 Å². The highest BCUT2D eigenvalue weighted by Gasteiger charge is 2.42. The summed E-state index contributed by atoms with van der Waals surface area (Å²) in [5.41, 5.74) is 3.58. The lowest BCUT2D eigenvalue weighted by Gasteiger charge is -2.12. The van der Waals surface area contributed by atoms with E-state index >= 15 is 0 Å². The average molecular weight is 430 g/mol. The lowest BCUT2D eigenvalue weighted by atomic mass is 10.1. The minimum absolute atomic E-state index is 0.00715. The predicted molar refractivity (Wildman–Crippen MR) is 119 cm³/mol. The topological polar surface area (TPSA) is 87.6 Å². The van der Waals surface area contributed by atoms with Gasteiger partial charge in [-0.3, -0.25) is 9.79 Å². The zero-order valence-electron chi connectivity index (χ0n) is 16.1. The summed E-state index contributed by atoms with van der Waals surface area (Å²) in [6, 6.07) is 15.4. The van der Waals surface area contributed by atoms with Crippen LogP contribution in [-0.2, 0) is 16.3 Å². The summed E-state index contributed by atoms with van der Waals surface area (Å²) in [6.07, 6.45) is 0.780. The summed E-state index contributed by atoms with van der Waals surface area (Å²) >= 11 is 1.47. The number of hydrogen-bond acceptors (Lipinski definition) is 6. The van der Waals surface area contributed by atoms with Crippen molar-refractivity contribution in [2.24, 2.45) is 4.99 Å². The van der Waals surface area contributed by atoms with Gasteiger partial charge in [-0.15, -0.1) is 0 Å². The Morgan fingerprint density at radius 2 is 1.97 bits per heavy atom. The fraction of sp³-hybridized carbons (Fsp3) is 0.333. The second kappa shape index (κ2) is 8.20. The van der Waals surface area contributed by atoms with Crippen molar-refractivity contribution >= 4 is 38.4 Å². The van der Waals surface area contributed by atoms with Crippen molar-refractivity contribution in [3.8, 4) is 0 Å². The number of fused-ring (bicyclic) bond motifs is 1. The molecule has 2 heterocycles. The van der Waals surface area contributed by atoms with E-state index in [-0.39, 0.29) is 28.7 Å². The third kappa shape index (κ3) is 4.82. The Bertz CT molecular complexity index is 1050. The number of rotatable bonds is 5. The molecule has 6 nitrogen and oxygen atoms in total. The van der Waals surface area contributed by atoms with Crippen LogP contribution in [-0.4, -0.2) is 48.8 Å². The lowest BCUT2D eigenvalue weighted by molar-refractivity contribution is 0.0954. The molecule has 1 amide bonds. The van der Waals surface area contributed by atoms with E-state index in [2.05, 4.69) is 15.6 Å². The molecule has 8 heteroatoms.